The van der Waals surface area contributed by atoms with Crippen molar-refractivity contribution in [3.05, 3.63) is 70.8 Å². The molecule has 1 heterocycles. The average molecular weight is 364 g/mol. The standard InChI is InChI=1S/C21H20N2O4/c1-27-21(10-14-6-2-3-7-15(14)11-21)13-22-18(24)12-23-19(25)16-8-4-5-9-17(16)20(23)26/h2-9H,10-13H2,1H3,(H,22,24). The van der Waals surface area contributed by atoms with Crippen molar-refractivity contribution in [3.8, 4) is 0 Å². The minimum absolute atomic E-state index is 0.293. The van der Waals surface area contributed by atoms with E-state index in [-0.39, 0.29) is 12.5 Å². The van der Waals surface area contributed by atoms with E-state index in [0.717, 1.165) is 4.90 Å². The zero-order valence-corrected chi connectivity index (χ0v) is 15.0. The summed E-state index contributed by atoms with van der Waals surface area (Å²) in [5, 5.41) is 2.84. The first-order valence-corrected chi connectivity index (χ1v) is 8.87. The Morgan fingerprint density at radius 2 is 1.52 bits per heavy atom. The van der Waals surface area contributed by atoms with E-state index in [1.165, 1.54) is 11.1 Å². The summed E-state index contributed by atoms with van der Waals surface area (Å²) >= 11 is 0. The van der Waals surface area contributed by atoms with E-state index in [1.54, 1.807) is 31.4 Å². The molecule has 6 nitrogen and oxygen atoms in total. The van der Waals surface area contributed by atoms with Crippen molar-refractivity contribution in [3.63, 3.8) is 0 Å². The summed E-state index contributed by atoms with van der Waals surface area (Å²) in [6.07, 6.45) is 1.43. The number of imide groups is 1. The van der Waals surface area contributed by atoms with Crippen LogP contribution in [0.2, 0.25) is 0 Å². The molecule has 1 aliphatic carbocycles. The molecule has 0 spiro atoms. The maximum absolute atomic E-state index is 12.4. The van der Waals surface area contributed by atoms with E-state index in [0.29, 0.717) is 30.5 Å². The molecular formula is C21H20N2O4. The fourth-order valence-electron chi connectivity index (χ4n) is 3.84. The van der Waals surface area contributed by atoms with Crippen LogP contribution in [-0.4, -0.2) is 48.4 Å². The van der Waals surface area contributed by atoms with Gasteiger partial charge in [0.05, 0.1) is 16.7 Å². The highest BCUT2D eigenvalue weighted by molar-refractivity contribution is 6.22. The third-order valence-corrected chi connectivity index (χ3v) is 5.36. The SMILES string of the molecule is COC1(CNC(=O)CN2C(=O)c3ccccc3C2=O)Cc2ccccc2C1. The summed E-state index contributed by atoms with van der Waals surface area (Å²) < 4.78 is 5.73. The van der Waals surface area contributed by atoms with Crippen LogP contribution in [0.1, 0.15) is 31.8 Å². The Morgan fingerprint density at radius 1 is 1.00 bits per heavy atom. The van der Waals surface area contributed by atoms with Gasteiger partial charge in [-0.25, -0.2) is 0 Å². The van der Waals surface area contributed by atoms with Crippen LogP contribution in [-0.2, 0) is 22.4 Å². The highest BCUT2D eigenvalue weighted by atomic mass is 16.5. The fraction of sp³-hybridized carbons (Fsp3) is 0.286. The molecule has 138 valence electrons. The first kappa shape index (κ1) is 17.4. The summed E-state index contributed by atoms with van der Waals surface area (Å²) in [6.45, 7) is 0.0271. The first-order chi connectivity index (χ1) is 13.0. The smallest absolute Gasteiger partial charge is 0.262 e. The lowest BCUT2D eigenvalue weighted by Crippen LogP contribution is -2.48. The molecule has 0 aromatic heterocycles. The van der Waals surface area contributed by atoms with Gasteiger partial charge < -0.3 is 10.1 Å². The molecule has 2 aromatic carbocycles. The molecule has 2 aromatic rings. The van der Waals surface area contributed by atoms with E-state index < -0.39 is 17.4 Å². The average Bonchev–Trinajstić information content (AvgIpc) is 3.18. The zero-order valence-electron chi connectivity index (χ0n) is 15.0. The van der Waals surface area contributed by atoms with Gasteiger partial charge in [-0.15, -0.1) is 0 Å². The molecule has 0 saturated heterocycles. The number of hydrogen-bond acceptors (Lipinski definition) is 4. The Kier molecular flexibility index (Phi) is 4.28. The van der Waals surface area contributed by atoms with Gasteiger partial charge in [-0.1, -0.05) is 36.4 Å². The number of ether oxygens (including phenoxy) is 1. The van der Waals surface area contributed by atoms with Crippen LogP contribution < -0.4 is 5.32 Å². The van der Waals surface area contributed by atoms with Crippen molar-refractivity contribution in [2.45, 2.75) is 18.4 Å². The second-order valence-corrected chi connectivity index (χ2v) is 7.03. The van der Waals surface area contributed by atoms with Crippen LogP contribution in [0.5, 0.6) is 0 Å². The fourth-order valence-corrected chi connectivity index (χ4v) is 3.84. The minimum atomic E-state index is -0.499. The van der Waals surface area contributed by atoms with Crippen LogP contribution in [0.3, 0.4) is 0 Å². The van der Waals surface area contributed by atoms with Crippen molar-refractivity contribution < 1.29 is 19.1 Å². The highest BCUT2D eigenvalue weighted by Crippen LogP contribution is 2.32. The molecule has 0 unspecified atom stereocenters. The third kappa shape index (κ3) is 3.02. The second kappa shape index (κ2) is 6.63. The molecule has 0 saturated carbocycles. The van der Waals surface area contributed by atoms with Crippen molar-refractivity contribution in [1.82, 2.24) is 10.2 Å². The molecule has 1 N–H and O–H groups in total. The number of carbonyl (C=O) groups excluding carboxylic acids is 3. The number of hydrogen-bond donors (Lipinski definition) is 1. The summed E-state index contributed by atoms with van der Waals surface area (Å²) in [5.74, 6) is -1.24. The van der Waals surface area contributed by atoms with Gasteiger partial charge in [-0.05, 0) is 23.3 Å². The van der Waals surface area contributed by atoms with Crippen molar-refractivity contribution in [2.75, 3.05) is 20.2 Å². The molecule has 3 amide bonds. The Morgan fingerprint density at radius 3 is 2.04 bits per heavy atom. The molecule has 2 aliphatic rings. The topological polar surface area (TPSA) is 75.7 Å². The molecule has 0 radical (unpaired) electrons. The molecule has 0 atom stereocenters. The first-order valence-electron chi connectivity index (χ1n) is 8.87. The molecule has 0 bridgehead atoms. The summed E-state index contributed by atoms with van der Waals surface area (Å²) in [6, 6.07) is 14.7. The molecular weight excluding hydrogens is 344 g/mol. The number of fused-ring (bicyclic) bond motifs is 2. The van der Waals surface area contributed by atoms with Crippen LogP contribution in [0.15, 0.2) is 48.5 Å². The van der Waals surface area contributed by atoms with Gasteiger partial charge >= 0.3 is 0 Å². The Balaban J connectivity index is 1.40. The largest absolute Gasteiger partial charge is 0.376 e. The second-order valence-electron chi connectivity index (χ2n) is 7.03. The minimum Gasteiger partial charge on any atom is -0.376 e. The van der Waals surface area contributed by atoms with E-state index in [2.05, 4.69) is 17.4 Å². The van der Waals surface area contributed by atoms with Crippen LogP contribution in [0.4, 0.5) is 0 Å². The molecule has 6 heteroatoms. The number of nitrogens with one attached hydrogen (secondary N) is 1. The van der Waals surface area contributed by atoms with Gasteiger partial charge in [0.2, 0.25) is 5.91 Å². The van der Waals surface area contributed by atoms with Gasteiger partial charge in [-0.2, -0.15) is 0 Å². The number of methoxy groups -OCH3 is 1. The summed E-state index contributed by atoms with van der Waals surface area (Å²) in [5.41, 5.74) is 2.62. The molecule has 4 rings (SSSR count). The van der Waals surface area contributed by atoms with E-state index in [1.807, 2.05) is 12.1 Å². The van der Waals surface area contributed by atoms with E-state index in [4.69, 9.17) is 4.74 Å². The monoisotopic (exact) mass is 364 g/mol. The predicted octanol–water partition coefficient (Wildman–Crippen LogP) is 1.58. The van der Waals surface area contributed by atoms with Crippen LogP contribution >= 0.6 is 0 Å². The lowest BCUT2D eigenvalue weighted by atomic mass is 10.00. The van der Waals surface area contributed by atoms with Crippen molar-refractivity contribution >= 4 is 17.7 Å². The quantitative estimate of drug-likeness (QED) is 0.818. The zero-order chi connectivity index (χ0) is 19.0. The summed E-state index contributed by atoms with van der Waals surface area (Å²) in [4.78, 5) is 38.1. The van der Waals surface area contributed by atoms with Crippen molar-refractivity contribution in [1.29, 1.82) is 0 Å². The molecule has 0 fully saturated rings. The molecule has 1 aliphatic heterocycles. The van der Waals surface area contributed by atoms with Crippen LogP contribution in [0.25, 0.3) is 0 Å². The number of nitrogens with zero attached hydrogens (tertiary/aromatic N) is 1. The predicted molar refractivity (Wildman–Crippen MR) is 98.4 cm³/mol. The highest BCUT2D eigenvalue weighted by Gasteiger charge is 2.39. The lowest BCUT2D eigenvalue weighted by Gasteiger charge is -2.28. The Labute approximate surface area is 157 Å². The molecule has 27 heavy (non-hydrogen) atoms. The Bertz CT molecular complexity index is 877. The lowest BCUT2D eigenvalue weighted by molar-refractivity contribution is -0.123. The van der Waals surface area contributed by atoms with Gasteiger partial charge in [0.1, 0.15) is 6.54 Å². The van der Waals surface area contributed by atoms with E-state index >= 15 is 0 Å². The van der Waals surface area contributed by atoms with Crippen LogP contribution in [0, 0.1) is 0 Å². The third-order valence-electron chi connectivity index (χ3n) is 5.36. The normalized spacial score (nSPS) is 17.0. The van der Waals surface area contributed by atoms with Gasteiger partial charge in [0.25, 0.3) is 11.8 Å². The number of carbonyl (C=O) groups is 3. The van der Waals surface area contributed by atoms with E-state index in [9.17, 15) is 14.4 Å². The maximum Gasteiger partial charge on any atom is 0.262 e. The summed E-state index contributed by atoms with van der Waals surface area (Å²) in [7, 11) is 1.64. The number of amides is 3. The van der Waals surface area contributed by atoms with Crippen molar-refractivity contribution in [2.24, 2.45) is 0 Å². The maximum atomic E-state index is 12.4. The number of rotatable bonds is 5. The van der Waals surface area contributed by atoms with Gasteiger partial charge in [-0.3, -0.25) is 19.3 Å². The van der Waals surface area contributed by atoms with Gasteiger partial charge in [0.15, 0.2) is 0 Å². The van der Waals surface area contributed by atoms with Gasteiger partial charge in [0, 0.05) is 26.5 Å². The Hall–Kier alpha value is -2.99. The number of benzene rings is 2.